The van der Waals surface area contributed by atoms with Crippen LogP contribution < -0.4 is 10.1 Å². The monoisotopic (exact) mass is 287 g/mol. The highest BCUT2D eigenvalue weighted by molar-refractivity contribution is 5.96. The van der Waals surface area contributed by atoms with Crippen molar-refractivity contribution in [2.24, 2.45) is 23.7 Å². The van der Waals surface area contributed by atoms with Crippen LogP contribution in [0.2, 0.25) is 0 Å². The lowest BCUT2D eigenvalue weighted by Gasteiger charge is -2.23. The highest BCUT2D eigenvalue weighted by Crippen LogP contribution is 2.48. The predicted octanol–water partition coefficient (Wildman–Crippen LogP) is 2.16. The second kappa shape index (κ2) is 5.24. The molecule has 0 aliphatic heterocycles. The fourth-order valence-corrected chi connectivity index (χ4v) is 3.42. The van der Waals surface area contributed by atoms with Crippen LogP contribution in [0.15, 0.2) is 36.4 Å². The highest BCUT2D eigenvalue weighted by atomic mass is 16.5. The second-order valence-corrected chi connectivity index (χ2v) is 5.56. The van der Waals surface area contributed by atoms with Gasteiger partial charge in [0.15, 0.2) is 0 Å². The number of allylic oxidation sites excluding steroid dienone is 2. The van der Waals surface area contributed by atoms with E-state index in [0.29, 0.717) is 11.4 Å². The number of fused-ring (bicyclic) bond motifs is 2. The number of carboxylic acids is 1. The number of hydrogen-bond donors (Lipinski definition) is 2. The lowest BCUT2D eigenvalue weighted by Crippen LogP contribution is -2.36. The van der Waals surface area contributed by atoms with Crippen LogP contribution in [0.4, 0.5) is 5.69 Å². The molecule has 0 spiro atoms. The fraction of sp³-hybridized carbons (Fsp3) is 0.375. The Bertz CT molecular complexity index is 593. The van der Waals surface area contributed by atoms with E-state index in [1.165, 1.54) is 0 Å². The van der Waals surface area contributed by atoms with Crippen LogP contribution in [0.1, 0.15) is 6.42 Å². The third-order valence-corrected chi connectivity index (χ3v) is 4.40. The molecule has 1 aromatic carbocycles. The zero-order valence-corrected chi connectivity index (χ0v) is 11.7. The Morgan fingerprint density at radius 3 is 2.33 bits per heavy atom. The van der Waals surface area contributed by atoms with Gasteiger partial charge in [0, 0.05) is 5.69 Å². The Hall–Kier alpha value is -2.30. The van der Waals surface area contributed by atoms with Crippen LogP contribution in [-0.2, 0) is 9.59 Å². The number of nitrogens with one attached hydrogen (secondary N) is 1. The molecule has 0 aromatic heterocycles. The van der Waals surface area contributed by atoms with Crippen molar-refractivity contribution in [3.63, 3.8) is 0 Å². The molecular formula is C16H17NO4. The lowest BCUT2D eigenvalue weighted by atomic mass is 9.82. The molecule has 5 nitrogen and oxygen atoms in total. The Balaban J connectivity index is 1.75. The van der Waals surface area contributed by atoms with Crippen molar-refractivity contribution in [1.82, 2.24) is 0 Å². The van der Waals surface area contributed by atoms with Crippen LogP contribution in [0, 0.1) is 23.7 Å². The maximum absolute atomic E-state index is 12.4. The summed E-state index contributed by atoms with van der Waals surface area (Å²) < 4.78 is 5.06. The van der Waals surface area contributed by atoms with Gasteiger partial charge >= 0.3 is 5.97 Å². The minimum atomic E-state index is -0.887. The fourth-order valence-electron chi connectivity index (χ4n) is 3.42. The van der Waals surface area contributed by atoms with Crippen LogP contribution in [0.5, 0.6) is 5.75 Å². The van der Waals surface area contributed by atoms with E-state index in [9.17, 15) is 14.7 Å². The normalized spacial score (nSPS) is 29.4. The minimum absolute atomic E-state index is 0.0147. The number of benzene rings is 1. The van der Waals surface area contributed by atoms with Crippen LogP contribution in [-0.4, -0.2) is 24.1 Å². The van der Waals surface area contributed by atoms with Gasteiger partial charge in [0.1, 0.15) is 5.75 Å². The summed E-state index contributed by atoms with van der Waals surface area (Å²) in [5, 5.41) is 12.2. The van der Waals surface area contributed by atoms with E-state index in [2.05, 4.69) is 5.32 Å². The number of methoxy groups -OCH3 is 1. The second-order valence-electron chi connectivity index (χ2n) is 5.56. The maximum Gasteiger partial charge on any atom is 0.307 e. The summed E-state index contributed by atoms with van der Waals surface area (Å²) in [5.74, 6) is -1.48. The summed E-state index contributed by atoms with van der Waals surface area (Å²) in [7, 11) is 1.58. The molecule has 4 atom stereocenters. The quantitative estimate of drug-likeness (QED) is 0.832. The average molecular weight is 287 g/mol. The largest absolute Gasteiger partial charge is 0.497 e. The Labute approximate surface area is 122 Å². The molecule has 5 heteroatoms. The molecule has 3 rings (SSSR count). The lowest BCUT2D eigenvalue weighted by molar-refractivity contribution is -0.146. The third kappa shape index (κ3) is 2.39. The number of ether oxygens (including phenoxy) is 1. The topological polar surface area (TPSA) is 75.6 Å². The van der Waals surface area contributed by atoms with Crippen molar-refractivity contribution in [3.05, 3.63) is 36.4 Å². The summed E-state index contributed by atoms with van der Waals surface area (Å²) in [4.78, 5) is 23.8. The van der Waals surface area contributed by atoms with Crippen molar-refractivity contribution in [2.75, 3.05) is 12.4 Å². The van der Waals surface area contributed by atoms with E-state index < -0.39 is 17.8 Å². The van der Waals surface area contributed by atoms with Gasteiger partial charge in [-0.15, -0.1) is 0 Å². The number of carboxylic acid groups (broad SMARTS) is 1. The van der Waals surface area contributed by atoms with E-state index >= 15 is 0 Å². The third-order valence-electron chi connectivity index (χ3n) is 4.40. The molecule has 1 amide bonds. The van der Waals surface area contributed by atoms with E-state index in [0.717, 1.165) is 6.42 Å². The van der Waals surface area contributed by atoms with Gasteiger partial charge in [0.25, 0.3) is 0 Å². The van der Waals surface area contributed by atoms with Crippen molar-refractivity contribution in [1.29, 1.82) is 0 Å². The van der Waals surface area contributed by atoms with Gasteiger partial charge in [-0.1, -0.05) is 12.2 Å². The van der Waals surface area contributed by atoms with Gasteiger partial charge in [-0.25, -0.2) is 0 Å². The van der Waals surface area contributed by atoms with Gasteiger partial charge in [-0.3, -0.25) is 9.59 Å². The summed E-state index contributed by atoms with van der Waals surface area (Å²) in [5.41, 5.74) is 0.650. The summed E-state index contributed by atoms with van der Waals surface area (Å²) in [6.07, 6.45) is 4.67. The molecule has 2 aliphatic carbocycles. The summed E-state index contributed by atoms with van der Waals surface area (Å²) in [6, 6.07) is 7.00. The van der Waals surface area contributed by atoms with Gasteiger partial charge < -0.3 is 15.2 Å². The average Bonchev–Trinajstić information content (AvgIpc) is 3.08. The molecule has 1 aromatic rings. The molecule has 2 unspecified atom stereocenters. The highest BCUT2D eigenvalue weighted by Gasteiger charge is 2.51. The van der Waals surface area contributed by atoms with E-state index in [4.69, 9.17) is 4.74 Å². The predicted molar refractivity (Wildman–Crippen MR) is 77.0 cm³/mol. The Morgan fingerprint density at radius 2 is 1.76 bits per heavy atom. The van der Waals surface area contributed by atoms with E-state index in [-0.39, 0.29) is 17.7 Å². The van der Waals surface area contributed by atoms with Gasteiger partial charge in [-0.05, 0) is 42.5 Å². The smallest absolute Gasteiger partial charge is 0.307 e. The van der Waals surface area contributed by atoms with Gasteiger partial charge in [0.05, 0.1) is 18.9 Å². The number of carbonyl (C=O) groups is 2. The standard InChI is InChI=1S/C16H17NO4/c1-21-12-6-4-11(5-7-12)17-15(18)13-9-2-3-10(8-9)14(13)16(19)20/h2-7,9-10,13-14H,8H2,1H3,(H,17,18)(H,19,20)/t9?,10?,13-,14+/m0/s1. The van der Waals surface area contributed by atoms with Crippen molar-refractivity contribution >= 4 is 17.6 Å². The van der Waals surface area contributed by atoms with Gasteiger partial charge in [-0.2, -0.15) is 0 Å². The van der Waals surface area contributed by atoms with E-state index in [1.54, 1.807) is 31.4 Å². The molecule has 2 aliphatic rings. The first-order chi connectivity index (χ1) is 10.1. The maximum atomic E-state index is 12.4. The van der Waals surface area contributed by atoms with Crippen LogP contribution in [0.25, 0.3) is 0 Å². The minimum Gasteiger partial charge on any atom is -0.497 e. The number of rotatable bonds is 4. The molecule has 110 valence electrons. The molecular weight excluding hydrogens is 270 g/mol. The van der Waals surface area contributed by atoms with Crippen molar-refractivity contribution in [2.45, 2.75) is 6.42 Å². The molecule has 1 saturated carbocycles. The molecule has 0 saturated heterocycles. The zero-order chi connectivity index (χ0) is 15.0. The first kappa shape index (κ1) is 13.7. The first-order valence-electron chi connectivity index (χ1n) is 6.96. The summed E-state index contributed by atoms with van der Waals surface area (Å²) >= 11 is 0. The SMILES string of the molecule is COc1ccc(NC(=O)[C@H]2C3C=CC(C3)[C@H]2C(=O)O)cc1. The Morgan fingerprint density at radius 1 is 1.14 bits per heavy atom. The molecule has 2 N–H and O–H groups in total. The number of anilines is 1. The van der Waals surface area contributed by atoms with E-state index in [1.807, 2.05) is 12.2 Å². The number of hydrogen-bond acceptors (Lipinski definition) is 3. The molecule has 0 heterocycles. The number of amides is 1. The summed E-state index contributed by atoms with van der Waals surface area (Å²) in [6.45, 7) is 0. The zero-order valence-electron chi connectivity index (χ0n) is 11.7. The molecule has 2 bridgehead atoms. The Kier molecular flexibility index (Phi) is 3.41. The molecule has 21 heavy (non-hydrogen) atoms. The molecule has 0 radical (unpaired) electrons. The van der Waals surface area contributed by atoms with Crippen LogP contribution in [0.3, 0.4) is 0 Å². The first-order valence-corrected chi connectivity index (χ1v) is 6.96. The number of aliphatic carboxylic acids is 1. The van der Waals surface area contributed by atoms with Gasteiger partial charge in [0.2, 0.25) is 5.91 Å². The van der Waals surface area contributed by atoms with Crippen molar-refractivity contribution < 1.29 is 19.4 Å². The molecule has 1 fully saturated rings. The number of carbonyl (C=O) groups excluding carboxylic acids is 1. The van der Waals surface area contributed by atoms with Crippen molar-refractivity contribution in [3.8, 4) is 5.75 Å². The van der Waals surface area contributed by atoms with Crippen LogP contribution >= 0.6 is 0 Å².